The van der Waals surface area contributed by atoms with Crippen LogP contribution in [-0.2, 0) is 4.74 Å². The highest BCUT2D eigenvalue weighted by Crippen LogP contribution is 2.22. The fraction of sp³-hybridized carbons (Fsp3) is 0.250. The zero-order chi connectivity index (χ0) is 12.7. The Balaban J connectivity index is 2.44. The molecule has 5 nitrogen and oxygen atoms in total. The van der Waals surface area contributed by atoms with E-state index in [0.29, 0.717) is 19.8 Å². The molecule has 0 aliphatic carbocycles. The molecule has 0 radical (unpaired) electrons. The maximum atomic E-state index is 11.6. The molecule has 0 bridgehead atoms. The van der Waals surface area contributed by atoms with Crippen LogP contribution >= 0.6 is 0 Å². The van der Waals surface area contributed by atoms with Gasteiger partial charge in [0.05, 0.1) is 18.8 Å². The molecule has 1 amide bonds. The second-order valence-electron chi connectivity index (χ2n) is 3.32. The normalized spacial score (nSPS) is 9.88. The van der Waals surface area contributed by atoms with Gasteiger partial charge in [0.25, 0.3) is 5.91 Å². The van der Waals surface area contributed by atoms with Crippen molar-refractivity contribution in [2.24, 2.45) is 0 Å². The van der Waals surface area contributed by atoms with Gasteiger partial charge in [-0.05, 0) is 12.1 Å². The van der Waals surface area contributed by atoms with E-state index in [0.717, 1.165) is 6.07 Å². The third-order valence-electron chi connectivity index (χ3n) is 1.99. The monoisotopic (exact) mass is 237 g/mol. The van der Waals surface area contributed by atoms with Gasteiger partial charge in [0.15, 0.2) is 0 Å². The standard InChI is InChI=1S/C12H15NO4/c1-2-6-17-7-5-13-12(16)10-4-3-9(14)8-11(10)15/h2-4,8,14-15H,1,5-7H2,(H,13,16). The smallest absolute Gasteiger partial charge is 0.255 e. The zero-order valence-corrected chi connectivity index (χ0v) is 9.35. The molecule has 1 rings (SSSR count). The van der Waals surface area contributed by atoms with Crippen LogP contribution in [0.25, 0.3) is 0 Å². The zero-order valence-electron chi connectivity index (χ0n) is 9.35. The van der Waals surface area contributed by atoms with Crippen molar-refractivity contribution in [3.8, 4) is 11.5 Å². The number of hydrogen-bond acceptors (Lipinski definition) is 4. The molecule has 1 aromatic rings. The second-order valence-corrected chi connectivity index (χ2v) is 3.32. The minimum atomic E-state index is -0.412. The maximum absolute atomic E-state index is 11.6. The molecular weight excluding hydrogens is 222 g/mol. The van der Waals surface area contributed by atoms with Crippen molar-refractivity contribution in [1.29, 1.82) is 0 Å². The molecule has 0 heterocycles. The number of rotatable bonds is 6. The lowest BCUT2D eigenvalue weighted by molar-refractivity contribution is 0.0926. The highest BCUT2D eigenvalue weighted by atomic mass is 16.5. The Kier molecular flexibility index (Phi) is 5.03. The Morgan fingerprint density at radius 3 is 2.88 bits per heavy atom. The topological polar surface area (TPSA) is 78.8 Å². The molecule has 0 spiro atoms. The number of phenolic OH excluding ortho intramolecular Hbond substituents is 2. The summed E-state index contributed by atoms with van der Waals surface area (Å²) in [5.41, 5.74) is 0.117. The molecule has 3 N–H and O–H groups in total. The van der Waals surface area contributed by atoms with Crippen LogP contribution in [0.2, 0.25) is 0 Å². The van der Waals surface area contributed by atoms with Gasteiger partial charge >= 0.3 is 0 Å². The Hall–Kier alpha value is -2.01. The molecule has 0 saturated carbocycles. The highest BCUT2D eigenvalue weighted by molar-refractivity contribution is 5.96. The summed E-state index contributed by atoms with van der Waals surface area (Å²) in [5.74, 6) is -0.757. The molecule has 0 aromatic heterocycles. The summed E-state index contributed by atoms with van der Waals surface area (Å²) < 4.78 is 5.08. The second kappa shape index (κ2) is 6.55. The van der Waals surface area contributed by atoms with Crippen LogP contribution in [0.3, 0.4) is 0 Å². The van der Waals surface area contributed by atoms with Crippen LogP contribution in [0.4, 0.5) is 0 Å². The minimum Gasteiger partial charge on any atom is -0.508 e. The number of phenols is 2. The number of hydrogen-bond donors (Lipinski definition) is 3. The predicted molar refractivity (Wildman–Crippen MR) is 63.1 cm³/mol. The van der Waals surface area contributed by atoms with E-state index in [4.69, 9.17) is 9.84 Å². The molecule has 0 aliphatic heterocycles. The van der Waals surface area contributed by atoms with Crippen molar-refractivity contribution in [2.75, 3.05) is 19.8 Å². The van der Waals surface area contributed by atoms with E-state index in [1.807, 2.05) is 0 Å². The number of ether oxygens (including phenoxy) is 1. The van der Waals surface area contributed by atoms with Gasteiger partial charge in [-0.25, -0.2) is 0 Å². The molecule has 92 valence electrons. The average molecular weight is 237 g/mol. The van der Waals surface area contributed by atoms with Gasteiger partial charge in [0.1, 0.15) is 11.5 Å². The quantitative estimate of drug-likeness (QED) is 0.510. The van der Waals surface area contributed by atoms with Gasteiger partial charge < -0.3 is 20.3 Å². The van der Waals surface area contributed by atoms with Crippen molar-refractivity contribution in [3.63, 3.8) is 0 Å². The molecule has 0 aliphatic rings. The lowest BCUT2D eigenvalue weighted by atomic mass is 10.2. The van der Waals surface area contributed by atoms with Gasteiger partial charge in [-0.2, -0.15) is 0 Å². The summed E-state index contributed by atoms with van der Waals surface area (Å²) in [6, 6.07) is 3.80. The van der Waals surface area contributed by atoms with E-state index in [1.54, 1.807) is 6.08 Å². The number of carbonyl (C=O) groups is 1. The minimum absolute atomic E-state index is 0.0895. The predicted octanol–water partition coefficient (Wildman–Crippen LogP) is 1.03. The van der Waals surface area contributed by atoms with Gasteiger partial charge in [0.2, 0.25) is 0 Å². The number of benzene rings is 1. The van der Waals surface area contributed by atoms with Crippen LogP contribution < -0.4 is 5.32 Å². The lowest BCUT2D eigenvalue weighted by Crippen LogP contribution is -2.27. The lowest BCUT2D eigenvalue weighted by Gasteiger charge is -2.07. The van der Waals surface area contributed by atoms with E-state index in [1.165, 1.54) is 12.1 Å². The molecular formula is C12H15NO4. The molecule has 17 heavy (non-hydrogen) atoms. The maximum Gasteiger partial charge on any atom is 0.255 e. The van der Waals surface area contributed by atoms with E-state index in [2.05, 4.69) is 11.9 Å². The molecule has 0 unspecified atom stereocenters. The van der Waals surface area contributed by atoms with Crippen molar-refractivity contribution < 1.29 is 19.7 Å². The van der Waals surface area contributed by atoms with Crippen LogP contribution in [0.1, 0.15) is 10.4 Å². The van der Waals surface area contributed by atoms with E-state index in [9.17, 15) is 9.90 Å². The Labute approximate surface area is 99.3 Å². The largest absolute Gasteiger partial charge is 0.508 e. The van der Waals surface area contributed by atoms with Crippen molar-refractivity contribution in [2.45, 2.75) is 0 Å². The Bertz CT molecular complexity index is 403. The first-order valence-electron chi connectivity index (χ1n) is 5.14. The third kappa shape index (κ3) is 4.16. The highest BCUT2D eigenvalue weighted by Gasteiger charge is 2.10. The summed E-state index contributed by atoms with van der Waals surface area (Å²) in [4.78, 5) is 11.6. The fourth-order valence-electron chi connectivity index (χ4n) is 1.21. The summed E-state index contributed by atoms with van der Waals surface area (Å²) in [6.45, 7) is 4.63. The summed E-state index contributed by atoms with van der Waals surface area (Å²) in [5, 5.41) is 21.1. The first kappa shape index (κ1) is 13.1. The van der Waals surface area contributed by atoms with Crippen LogP contribution in [0, 0.1) is 0 Å². The van der Waals surface area contributed by atoms with Gasteiger partial charge in [-0.15, -0.1) is 6.58 Å². The Morgan fingerprint density at radius 1 is 1.47 bits per heavy atom. The van der Waals surface area contributed by atoms with E-state index >= 15 is 0 Å². The summed E-state index contributed by atoms with van der Waals surface area (Å²) in [7, 11) is 0. The summed E-state index contributed by atoms with van der Waals surface area (Å²) >= 11 is 0. The van der Waals surface area contributed by atoms with Crippen molar-refractivity contribution in [1.82, 2.24) is 5.32 Å². The molecule has 0 fully saturated rings. The third-order valence-corrected chi connectivity index (χ3v) is 1.99. The van der Waals surface area contributed by atoms with Crippen LogP contribution in [-0.4, -0.2) is 35.9 Å². The van der Waals surface area contributed by atoms with E-state index in [-0.39, 0.29) is 17.1 Å². The molecule has 0 saturated heterocycles. The summed E-state index contributed by atoms with van der Waals surface area (Å²) in [6.07, 6.45) is 1.62. The van der Waals surface area contributed by atoms with Crippen LogP contribution in [0.5, 0.6) is 11.5 Å². The average Bonchev–Trinajstić information content (AvgIpc) is 2.28. The first-order chi connectivity index (χ1) is 8.15. The number of aromatic hydroxyl groups is 2. The number of nitrogens with one attached hydrogen (secondary N) is 1. The molecule has 0 atom stereocenters. The SMILES string of the molecule is C=CCOCCNC(=O)c1ccc(O)cc1O. The number of amides is 1. The van der Waals surface area contributed by atoms with Gasteiger partial charge in [-0.1, -0.05) is 6.08 Å². The van der Waals surface area contributed by atoms with Crippen molar-refractivity contribution in [3.05, 3.63) is 36.4 Å². The molecule has 5 heteroatoms. The van der Waals surface area contributed by atoms with Crippen molar-refractivity contribution >= 4 is 5.91 Å². The van der Waals surface area contributed by atoms with Gasteiger partial charge in [-0.3, -0.25) is 4.79 Å². The molecule has 1 aromatic carbocycles. The number of carbonyl (C=O) groups excluding carboxylic acids is 1. The Morgan fingerprint density at radius 2 is 2.24 bits per heavy atom. The fourth-order valence-corrected chi connectivity index (χ4v) is 1.21. The van der Waals surface area contributed by atoms with Crippen LogP contribution in [0.15, 0.2) is 30.9 Å². The first-order valence-corrected chi connectivity index (χ1v) is 5.14. The van der Waals surface area contributed by atoms with E-state index < -0.39 is 5.91 Å². The van der Waals surface area contributed by atoms with Gasteiger partial charge in [0, 0.05) is 12.6 Å².